The highest BCUT2D eigenvalue weighted by atomic mass is 32.2. The van der Waals surface area contributed by atoms with Crippen molar-refractivity contribution in [3.63, 3.8) is 0 Å². The van der Waals surface area contributed by atoms with Gasteiger partial charge >= 0.3 is 0 Å². The van der Waals surface area contributed by atoms with Crippen LogP contribution in [-0.4, -0.2) is 30.6 Å². The van der Waals surface area contributed by atoms with Gasteiger partial charge in [0.25, 0.3) is 5.91 Å². The fourth-order valence-electron chi connectivity index (χ4n) is 2.35. The minimum atomic E-state index is -0.950. The van der Waals surface area contributed by atoms with Crippen LogP contribution in [0.5, 0.6) is 11.5 Å². The van der Waals surface area contributed by atoms with Crippen molar-refractivity contribution in [2.45, 2.75) is 12.7 Å². The molecule has 0 heterocycles. The van der Waals surface area contributed by atoms with Crippen LogP contribution in [0.25, 0.3) is 0 Å². The van der Waals surface area contributed by atoms with E-state index < -0.39 is 10.8 Å². The molecule has 0 fully saturated rings. The molecule has 128 valence electrons. The van der Waals surface area contributed by atoms with Crippen molar-refractivity contribution in [3.8, 4) is 11.5 Å². The van der Waals surface area contributed by atoms with E-state index in [1.54, 1.807) is 44.7 Å². The van der Waals surface area contributed by atoms with Gasteiger partial charge in [0.1, 0.15) is 0 Å². The quantitative estimate of drug-likeness (QED) is 0.872. The van der Waals surface area contributed by atoms with E-state index in [1.807, 2.05) is 19.1 Å². The van der Waals surface area contributed by atoms with Crippen molar-refractivity contribution in [3.05, 3.63) is 53.1 Å². The molecule has 0 saturated carbocycles. The van der Waals surface area contributed by atoms with Crippen LogP contribution < -0.4 is 14.8 Å². The molecular weight excluding hydrogens is 326 g/mol. The maximum atomic E-state index is 12.5. The third-order valence-corrected chi connectivity index (χ3v) is 4.28. The molecule has 1 N–H and O–H groups in total. The van der Waals surface area contributed by atoms with Gasteiger partial charge in [-0.05, 0) is 36.2 Å². The number of ether oxygens (including phenoxy) is 2. The van der Waals surface area contributed by atoms with Crippen LogP contribution in [-0.2, 0) is 16.6 Å². The van der Waals surface area contributed by atoms with Gasteiger partial charge in [-0.25, -0.2) is 0 Å². The molecule has 0 aliphatic rings. The lowest BCUT2D eigenvalue weighted by Gasteiger charge is -2.14. The van der Waals surface area contributed by atoms with Gasteiger partial charge in [-0.3, -0.25) is 9.00 Å². The Labute approximate surface area is 144 Å². The molecule has 2 aromatic rings. The maximum absolute atomic E-state index is 12.5. The second-order valence-electron chi connectivity index (χ2n) is 5.39. The van der Waals surface area contributed by atoms with E-state index in [2.05, 4.69) is 5.32 Å². The standard InChI is InChI=1S/C18H21NO4S/c1-12-8-16(22-2)17(23-3)10-15(12)19-18(20)14-7-5-6-13(9-14)11-24(4)21/h5-10H,11H2,1-4H3,(H,19,20). The Morgan fingerprint density at radius 2 is 1.79 bits per heavy atom. The van der Waals surface area contributed by atoms with Crippen LogP contribution >= 0.6 is 0 Å². The summed E-state index contributed by atoms with van der Waals surface area (Å²) in [5.41, 5.74) is 2.91. The van der Waals surface area contributed by atoms with Crippen LogP contribution in [0.2, 0.25) is 0 Å². The zero-order valence-electron chi connectivity index (χ0n) is 14.2. The van der Waals surface area contributed by atoms with Crippen LogP contribution in [0, 0.1) is 6.92 Å². The number of rotatable bonds is 6. The first-order valence-electron chi connectivity index (χ1n) is 7.37. The van der Waals surface area contributed by atoms with Gasteiger partial charge in [0.2, 0.25) is 0 Å². The zero-order valence-corrected chi connectivity index (χ0v) is 15.0. The van der Waals surface area contributed by atoms with Crippen LogP contribution in [0.15, 0.2) is 36.4 Å². The smallest absolute Gasteiger partial charge is 0.255 e. The predicted molar refractivity (Wildman–Crippen MR) is 96.4 cm³/mol. The summed E-state index contributed by atoms with van der Waals surface area (Å²) in [6.45, 7) is 1.88. The highest BCUT2D eigenvalue weighted by molar-refractivity contribution is 7.83. The highest BCUT2D eigenvalue weighted by Crippen LogP contribution is 2.33. The lowest BCUT2D eigenvalue weighted by molar-refractivity contribution is 0.102. The molecule has 6 heteroatoms. The van der Waals surface area contributed by atoms with E-state index in [-0.39, 0.29) is 5.91 Å². The van der Waals surface area contributed by atoms with E-state index >= 15 is 0 Å². The molecule has 0 aliphatic carbocycles. The second kappa shape index (κ2) is 7.97. The van der Waals surface area contributed by atoms with Crippen LogP contribution in [0.1, 0.15) is 21.5 Å². The summed E-state index contributed by atoms with van der Waals surface area (Å²) in [6, 6.07) is 10.7. The van der Waals surface area contributed by atoms with Gasteiger partial charge in [-0.2, -0.15) is 0 Å². The number of nitrogens with one attached hydrogen (secondary N) is 1. The molecule has 24 heavy (non-hydrogen) atoms. The molecule has 1 unspecified atom stereocenters. The molecule has 2 aromatic carbocycles. The highest BCUT2D eigenvalue weighted by Gasteiger charge is 2.13. The first kappa shape index (κ1) is 18.0. The SMILES string of the molecule is COc1cc(C)c(NC(=O)c2cccc(CS(C)=O)c2)cc1OC. The minimum absolute atomic E-state index is 0.228. The minimum Gasteiger partial charge on any atom is -0.493 e. The first-order valence-corrected chi connectivity index (χ1v) is 9.10. The molecule has 5 nitrogen and oxygen atoms in total. The molecule has 1 atom stereocenters. The van der Waals surface area contributed by atoms with E-state index in [9.17, 15) is 9.00 Å². The van der Waals surface area contributed by atoms with Crippen molar-refractivity contribution in [1.29, 1.82) is 0 Å². The topological polar surface area (TPSA) is 64.6 Å². The summed E-state index contributed by atoms with van der Waals surface area (Å²) in [5.74, 6) is 1.36. The van der Waals surface area contributed by atoms with Crippen molar-refractivity contribution in [2.24, 2.45) is 0 Å². The summed E-state index contributed by atoms with van der Waals surface area (Å²) < 4.78 is 21.9. The van der Waals surface area contributed by atoms with Gasteiger partial charge in [-0.15, -0.1) is 0 Å². The molecule has 0 saturated heterocycles. The Bertz CT molecular complexity index is 774. The zero-order chi connectivity index (χ0) is 17.7. The van der Waals surface area contributed by atoms with E-state index in [0.717, 1.165) is 11.1 Å². The fourth-order valence-corrected chi connectivity index (χ4v) is 3.00. The van der Waals surface area contributed by atoms with E-state index in [0.29, 0.717) is 28.5 Å². The monoisotopic (exact) mass is 347 g/mol. The van der Waals surface area contributed by atoms with Gasteiger partial charge in [0.05, 0.1) is 14.2 Å². The second-order valence-corrected chi connectivity index (χ2v) is 6.83. The largest absolute Gasteiger partial charge is 0.493 e. The molecule has 0 aromatic heterocycles. The van der Waals surface area contributed by atoms with Crippen LogP contribution in [0.3, 0.4) is 0 Å². The lowest BCUT2D eigenvalue weighted by atomic mass is 10.1. The Kier molecular flexibility index (Phi) is 5.98. The van der Waals surface area contributed by atoms with Crippen molar-refractivity contribution in [2.75, 3.05) is 25.8 Å². The number of hydrogen-bond donors (Lipinski definition) is 1. The summed E-state index contributed by atoms with van der Waals surface area (Å²) in [5, 5.41) is 2.88. The third kappa shape index (κ3) is 4.35. The number of methoxy groups -OCH3 is 2. The molecule has 1 amide bonds. The van der Waals surface area contributed by atoms with Gasteiger partial charge in [-0.1, -0.05) is 12.1 Å². The number of carbonyl (C=O) groups excluding carboxylic acids is 1. The molecule has 0 aliphatic heterocycles. The molecule has 0 radical (unpaired) electrons. The average molecular weight is 347 g/mol. The Hall–Kier alpha value is -2.34. The predicted octanol–water partition coefficient (Wildman–Crippen LogP) is 3.14. The fraction of sp³-hybridized carbons (Fsp3) is 0.278. The average Bonchev–Trinajstić information content (AvgIpc) is 2.55. The number of anilines is 1. The summed E-state index contributed by atoms with van der Waals surface area (Å²) in [4.78, 5) is 12.5. The lowest BCUT2D eigenvalue weighted by Crippen LogP contribution is -2.13. The first-order chi connectivity index (χ1) is 11.4. The van der Waals surface area contributed by atoms with E-state index in [4.69, 9.17) is 9.47 Å². The van der Waals surface area contributed by atoms with E-state index in [1.165, 1.54) is 0 Å². The number of carbonyl (C=O) groups is 1. The number of aryl methyl sites for hydroxylation is 1. The van der Waals surface area contributed by atoms with Crippen molar-refractivity contribution < 1.29 is 18.5 Å². The van der Waals surface area contributed by atoms with Gasteiger partial charge in [0, 0.05) is 40.1 Å². The van der Waals surface area contributed by atoms with Crippen molar-refractivity contribution >= 4 is 22.4 Å². The Morgan fingerprint density at radius 1 is 1.12 bits per heavy atom. The summed E-state index contributed by atoms with van der Waals surface area (Å²) >= 11 is 0. The Morgan fingerprint density at radius 3 is 2.42 bits per heavy atom. The molecule has 0 spiro atoms. The van der Waals surface area contributed by atoms with Gasteiger partial charge < -0.3 is 14.8 Å². The normalized spacial score (nSPS) is 11.7. The number of amides is 1. The number of hydrogen-bond acceptors (Lipinski definition) is 4. The molecular formula is C18H21NO4S. The summed E-state index contributed by atoms with van der Waals surface area (Å²) in [6.07, 6.45) is 1.64. The summed E-state index contributed by atoms with van der Waals surface area (Å²) in [7, 11) is 2.17. The third-order valence-electron chi connectivity index (χ3n) is 3.54. The molecule has 2 rings (SSSR count). The maximum Gasteiger partial charge on any atom is 0.255 e. The van der Waals surface area contributed by atoms with Gasteiger partial charge in [0.15, 0.2) is 11.5 Å². The molecule has 0 bridgehead atoms. The Balaban J connectivity index is 2.25. The van der Waals surface area contributed by atoms with Crippen molar-refractivity contribution in [1.82, 2.24) is 0 Å². The van der Waals surface area contributed by atoms with Crippen LogP contribution in [0.4, 0.5) is 5.69 Å². The number of benzene rings is 2.